The van der Waals surface area contributed by atoms with E-state index in [0.717, 1.165) is 0 Å². The van der Waals surface area contributed by atoms with Crippen LogP contribution in [0.4, 0.5) is 0 Å². The molecule has 0 atom stereocenters. The Morgan fingerprint density at radius 3 is 1.18 bits per heavy atom. The maximum atomic E-state index is 3.82. The van der Waals surface area contributed by atoms with E-state index >= 15 is 0 Å². The van der Waals surface area contributed by atoms with Gasteiger partial charge in [-0.05, 0) is 43.8 Å². The first-order chi connectivity index (χ1) is 7.39. The van der Waals surface area contributed by atoms with Gasteiger partial charge in [-0.1, -0.05) is 6.82 Å². The van der Waals surface area contributed by atoms with Crippen LogP contribution >= 0.6 is 41.5 Å². The molecule has 1 radical (unpaired) electrons. The molecule has 0 aromatic carbocycles. The van der Waals surface area contributed by atoms with Gasteiger partial charge in [-0.25, -0.2) is 16.5 Å². The van der Waals surface area contributed by atoms with Crippen molar-refractivity contribution in [2.75, 3.05) is 43.8 Å². The van der Waals surface area contributed by atoms with Crippen LogP contribution in [0, 0.1) is 0 Å². The third kappa shape index (κ3) is 5.06. The average molecular weight is 319 g/mol. The fourth-order valence-corrected chi connectivity index (χ4v) is 19.9. The van der Waals surface area contributed by atoms with E-state index in [2.05, 4.69) is 73.7 Å². The van der Waals surface area contributed by atoms with Gasteiger partial charge >= 0.3 is 0 Å². The molecule has 1 rings (SSSR count). The van der Waals surface area contributed by atoms with Gasteiger partial charge in [0.2, 0.25) is 6.56 Å². The molecule has 0 aromatic heterocycles. The van der Waals surface area contributed by atoms with Gasteiger partial charge in [0, 0.05) is 0 Å². The molecule has 0 aromatic rings. The molecule has 107 valence electrons. The Bertz CT molecular complexity index is 275. The van der Waals surface area contributed by atoms with Gasteiger partial charge in [0.1, 0.15) is 0 Å². The zero-order chi connectivity index (χ0) is 13.5. The zero-order valence-corrected chi connectivity index (χ0v) is 15.5. The molecule has 0 saturated carbocycles. The molecule has 0 bridgehead atoms. The first kappa shape index (κ1) is 16.4. The molecule has 0 aliphatic carbocycles. The van der Waals surface area contributed by atoms with Gasteiger partial charge in [-0.3, -0.25) is 0 Å². The van der Waals surface area contributed by atoms with Gasteiger partial charge in [0.15, 0.2) is 0 Å². The van der Waals surface area contributed by atoms with E-state index in [1.807, 2.05) is 0 Å². The Morgan fingerprint density at radius 1 is 0.588 bits per heavy atom. The summed E-state index contributed by atoms with van der Waals surface area (Å²) in [6.07, 6.45) is 16.0. The maximum absolute atomic E-state index is 3.82. The smallest absolute Gasteiger partial charge is 0.204 e. The Morgan fingerprint density at radius 2 is 0.882 bits per heavy atom. The van der Waals surface area contributed by atoms with E-state index in [1.165, 1.54) is 0 Å². The number of nitrogens with one attached hydrogen (secondary N) is 4. The average Bonchev–Trinajstić information content (AvgIpc) is 1.93. The SMILES string of the molecule is C[B]S1(C)NS(C)(C)NS(C)(C)NS(C)(C)N1. The molecular formula is C8H28BN4S4. The number of hydrogen-bond donors (Lipinski definition) is 4. The third-order valence-corrected chi connectivity index (χ3v) is 15.8. The second kappa shape index (κ2) is 5.01. The lowest BCUT2D eigenvalue weighted by Crippen LogP contribution is -2.49. The van der Waals surface area contributed by atoms with E-state index in [9.17, 15) is 0 Å². The van der Waals surface area contributed by atoms with E-state index in [4.69, 9.17) is 0 Å². The van der Waals surface area contributed by atoms with Crippen molar-refractivity contribution in [3.63, 3.8) is 0 Å². The van der Waals surface area contributed by atoms with Gasteiger partial charge in [0.05, 0.1) is 0 Å². The van der Waals surface area contributed by atoms with E-state index < -0.39 is 41.5 Å². The lowest BCUT2D eigenvalue weighted by molar-refractivity contribution is 1.36. The van der Waals surface area contributed by atoms with Crippen LogP contribution in [0.2, 0.25) is 6.82 Å². The summed E-state index contributed by atoms with van der Waals surface area (Å²) in [5.41, 5.74) is 0. The predicted molar refractivity (Wildman–Crippen MR) is 96.0 cm³/mol. The predicted octanol–water partition coefficient (Wildman–Crippen LogP) is 1.97. The second-order valence-corrected chi connectivity index (χ2v) is 18.6. The van der Waals surface area contributed by atoms with Gasteiger partial charge in [-0.15, -0.1) is 31.2 Å². The largest absolute Gasteiger partial charge is 0.229 e. The monoisotopic (exact) mass is 319 g/mol. The molecule has 0 amide bonds. The summed E-state index contributed by atoms with van der Waals surface area (Å²) < 4.78 is 15.3. The molecule has 1 aliphatic rings. The Kier molecular flexibility index (Phi) is 4.82. The quantitative estimate of drug-likeness (QED) is 0.558. The van der Waals surface area contributed by atoms with Crippen molar-refractivity contribution < 1.29 is 0 Å². The standard InChI is InChI=1S/C8H28BN4S4/c1-9-17(8)12-15(4,5)10-14(2,3)11-16(6,7)13-17/h10-13H,1-8H3. The summed E-state index contributed by atoms with van der Waals surface area (Å²) in [6, 6.07) is 0. The highest BCUT2D eigenvalue weighted by atomic mass is 32.4. The summed E-state index contributed by atoms with van der Waals surface area (Å²) in [5, 5.41) is 0. The van der Waals surface area contributed by atoms with Crippen molar-refractivity contribution in [3.8, 4) is 0 Å². The molecule has 1 fully saturated rings. The summed E-state index contributed by atoms with van der Waals surface area (Å²) in [5.74, 6) is 0. The minimum Gasteiger partial charge on any atom is -0.229 e. The van der Waals surface area contributed by atoms with E-state index in [1.54, 1.807) is 0 Å². The number of rotatable bonds is 1. The molecule has 17 heavy (non-hydrogen) atoms. The summed E-state index contributed by atoms with van der Waals surface area (Å²) >= 11 is 0. The highest BCUT2D eigenvalue weighted by Gasteiger charge is 2.34. The topological polar surface area (TPSA) is 48.1 Å². The fraction of sp³-hybridized carbons (Fsp3) is 1.00. The molecule has 9 heteroatoms. The second-order valence-electron chi connectivity index (χ2n) is 5.53. The van der Waals surface area contributed by atoms with Crippen molar-refractivity contribution in [3.05, 3.63) is 0 Å². The van der Waals surface area contributed by atoms with Crippen molar-refractivity contribution in [1.82, 2.24) is 16.5 Å². The van der Waals surface area contributed by atoms with Gasteiger partial charge in [0.25, 0.3) is 0 Å². The van der Waals surface area contributed by atoms with Crippen LogP contribution in [0.1, 0.15) is 0 Å². The highest BCUT2D eigenvalue weighted by Crippen LogP contribution is 2.60. The van der Waals surface area contributed by atoms with E-state index in [0.29, 0.717) is 0 Å². The molecule has 0 unspecified atom stereocenters. The fourth-order valence-electron chi connectivity index (χ4n) is 2.07. The lowest BCUT2D eigenvalue weighted by atomic mass is 10.2. The van der Waals surface area contributed by atoms with Crippen LogP contribution in [-0.4, -0.2) is 50.3 Å². The molecule has 1 saturated heterocycles. The van der Waals surface area contributed by atoms with Gasteiger partial charge < -0.3 is 0 Å². The Balaban J connectivity index is 3.02. The first-order valence-electron chi connectivity index (χ1n) is 5.30. The minimum absolute atomic E-state index is 0.968. The molecule has 1 heterocycles. The molecule has 0 spiro atoms. The van der Waals surface area contributed by atoms with Crippen molar-refractivity contribution in [2.24, 2.45) is 0 Å². The van der Waals surface area contributed by atoms with Crippen LogP contribution in [0.25, 0.3) is 0 Å². The van der Waals surface area contributed by atoms with Crippen molar-refractivity contribution >= 4 is 48.0 Å². The highest BCUT2D eigenvalue weighted by molar-refractivity contribution is 8.63. The zero-order valence-electron chi connectivity index (χ0n) is 12.2. The van der Waals surface area contributed by atoms with Crippen LogP contribution < -0.4 is 16.5 Å². The molecular weight excluding hydrogens is 291 g/mol. The minimum atomic E-state index is -1.07. The van der Waals surface area contributed by atoms with Crippen LogP contribution in [0.5, 0.6) is 0 Å². The van der Waals surface area contributed by atoms with Crippen LogP contribution in [-0.2, 0) is 0 Å². The van der Waals surface area contributed by atoms with Crippen LogP contribution in [0.3, 0.4) is 0 Å². The Labute approximate surface area is 115 Å². The summed E-state index contributed by atoms with van der Waals surface area (Å²) in [7, 11) is -4.01. The van der Waals surface area contributed by atoms with Crippen molar-refractivity contribution in [1.29, 1.82) is 0 Å². The molecule has 4 N–H and O–H groups in total. The van der Waals surface area contributed by atoms with Gasteiger partial charge in [-0.2, -0.15) is 10.3 Å². The van der Waals surface area contributed by atoms with Crippen LogP contribution in [0.15, 0.2) is 0 Å². The van der Waals surface area contributed by atoms with Crippen molar-refractivity contribution in [2.45, 2.75) is 6.82 Å². The normalized spacial score (nSPS) is 37.6. The maximum Gasteiger partial charge on any atom is 0.204 e. The lowest BCUT2D eigenvalue weighted by Gasteiger charge is -2.60. The third-order valence-electron chi connectivity index (χ3n) is 2.07. The first-order valence-corrected chi connectivity index (χ1v) is 14.8. The molecule has 1 aliphatic heterocycles. The molecule has 4 nitrogen and oxygen atoms in total. The summed E-state index contributed by atoms with van der Waals surface area (Å²) in [4.78, 5) is 0. The van der Waals surface area contributed by atoms with E-state index in [-0.39, 0.29) is 0 Å². The summed E-state index contributed by atoms with van der Waals surface area (Å²) in [6.45, 7) is 4.42. The number of hydrogen-bond acceptors (Lipinski definition) is 4. The Hall–Kier alpha value is 1.30.